The molecule has 2 aromatic carbocycles. The number of hydrogen-bond acceptors (Lipinski definition) is 3. The number of rotatable bonds is 9. The molecule has 2 rings (SSSR count). The lowest BCUT2D eigenvalue weighted by Crippen LogP contribution is -2.42. The number of carbonyl (C=O) groups is 1. The zero-order valence-electron chi connectivity index (χ0n) is 16.2. The van der Waals surface area contributed by atoms with Crippen molar-refractivity contribution in [2.75, 3.05) is 26.2 Å². The summed E-state index contributed by atoms with van der Waals surface area (Å²) in [5.74, 6) is 0.664. The number of benzene rings is 2. The van der Waals surface area contributed by atoms with E-state index in [1.165, 1.54) is 12.1 Å². The Labute approximate surface area is 165 Å². The molecule has 0 saturated heterocycles. The van der Waals surface area contributed by atoms with Crippen LogP contribution in [0.1, 0.15) is 24.2 Å². The molecule has 0 saturated carbocycles. The smallest absolute Gasteiger partial charge is 0.251 e. The largest absolute Gasteiger partial charge is 0.489 e. The molecular weight excluding hydrogens is 359 g/mol. The second kappa shape index (κ2) is 11.6. The van der Waals surface area contributed by atoms with Gasteiger partial charge in [0.2, 0.25) is 0 Å². The van der Waals surface area contributed by atoms with Crippen LogP contribution in [0.25, 0.3) is 0 Å². The molecule has 1 unspecified atom stereocenters. The number of amides is 1. The van der Waals surface area contributed by atoms with Crippen molar-refractivity contribution in [3.05, 3.63) is 66.0 Å². The van der Waals surface area contributed by atoms with Crippen molar-refractivity contribution in [1.29, 1.82) is 0 Å². The molecule has 6 nitrogen and oxygen atoms in total. The maximum atomic E-state index is 13.2. The van der Waals surface area contributed by atoms with Crippen LogP contribution in [-0.4, -0.2) is 44.1 Å². The summed E-state index contributed by atoms with van der Waals surface area (Å²) < 4.78 is 18.9. The molecule has 0 aliphatic heterocycles. The average Bonchev–Trinajstić information content (AvgIpc) is 2.69. The van der Waals surface area contributed by atoms with E-state index < -0.39 is 0 Å². The first kappa shape index (κ1) is 21.2. The van der Waals surface area contributed by atoms with Crippen LogP contribution in [0.3, 0.4) is 0 Å². The maximum Gasteiger partial charge on any atom is 0.251 e. The highest BCUT2D eigenvalue weighted by molar-refractivity contribution is 5.94. The number of ether oxygens (including phenoxy) is 1. The molecule has 1 atom stereocenters. The summed E-state index contributed by atoms with van der Waals surface area (Å²) in [4.78, 5) is 16.5. The van der Waals surface area contributed by atoms with Crippen LogP contribution in [0, 0.1) is 5.82 Å². The minimum Gasteiger partial charge on any atom is -0.489 e. The van der Waals surface area contributed by atoms with Crippen molar-refractivity contribution in [1.82, 2.24) is 16.0 Å². The van der Waals surface area contributed by atoms with Gasteiger partial charge in [-0.1, -0.05) is 24.3 Å². The van der Waals surface area contributed by atoms with E-state index in [2.05, 4.69) is 20.9 Å². The van der Waals surface area contributed by atoms with Crippen molar-refractivity contribution in [2.45, 2.75) is 20.0 Å². The van der Waals surface area contributed by atoms with Crippen LogP contribution < -0.4 is 20.7 Å². The average molecular weight is 386 g/mol. The molecule has 1 amide bonds. The zero-order chi connectivity index (χ0) is 20.2. The molecule has 0 aliphatic carbocycles. The molecule has 0 heterocycles. The predicted octanol–water partition coefficient (Wildman–Crippen LogP) is 2.58. The first-order chi connectivity index (χ1) is 13.6. The predicted molar refractivity (Wildman–Crippen MR) is 109 cm³/mol. The van der Waals surface area contributed by atoms with E-state index in [-0.39, 0.29) is 17.8 Å². The number of guanidine groups is 1. The summed E-state index contributed by atoms with van der Waals surface area (Å²) in [5, 5.41) is 9.16. The van der Waals surface area contributed by atoms with Crippen molar-refractivity contribution in [3.63, 3.8) is 0 Å². The molecule has 3 N–H and O–H groups in total. The van der Waals surface area contributed by atoms with Crippen LogP contribution in [-0.2, 0) is 0 Å². The van der Waals surface area contributed by atoms with Gasteiger partial charge in [-0.3, -0.25) is 4.79 Å². The SMILES string of the molecule is CCNC(=NCC(C)Oc1cccc(F)c1)NCCNC(=O)c1ccccc1. The summed E-state index contributed by atoms with van der Waals surface area (Å²) in [6.07, 6.45) is -0.213. The Morgan fingerprint density at radius 2 is 1.82 bits per heavy atom. The van der Waals surface area contributed by atoms with Crippen molar-refractivity contribution < 1.29 is 13.9 Å². The zero-order valence-corrected chi connectivity index (χ0v) is 16.2. The summed E-state index contributed by atoms with van der Waals surface area (Å²) >= 11 is 0. The highest BCUT2D eigenvalue weighted by Gasteiger charge is 2.06. The van der Waals surface area contributed by atoms with Gasteiger partial charge >= 0.3 is 0 Å². The van der Waals surface area contributed by atoms with Crippen LogP contribution >= 0.6 is 0 Å². The van der Waals surface area contributed by atoms with Gasteiger partial charge in [0, 0.05) is 31.3 Å². The lowest BCUT2D eigenvalue weighted by atomic mass is 10.2. The number of aliphatic imine (C=N–C) groups is 1. The Morgan fingerprint density at radius 1 is 1.07 bits per heavy atom. The molecule has 2 aromatic rings. The highest BCUT2D eigenvalue weighted by Crippen LogP contribution is 2.13. The summed E-state index contributed by atoms with van der Waals surface area (Å²) in [5.41, 5.74) is 0.631. The molecule has 7 heteroatoms. The molecule has 0 aromatic heterocycles. The normalized spacial score (nSPS) is 12.2. The van der Waals surface area contributed by atoms with E-state index in [0.717, 1.165) is 0 Å². The minimum absolute atomic E-state index is 0.110. The van der Waals surface area contributed by atoms with Crippen molar-refractivity contribution in [2.24, 2.45) is 4.99 Å². The number of nitrogens with zero attached hydrogens (tertiary/aromatic N) is 1. The summed E-state index contributed by atoms with van der Waals surface area (Å²) in [6.45, 7) is 5.96. The van der Waals surface area contributed by atoms with Gasteiger partial charge in [-0.05, 0) is 38.1 Å². The lowest BCUT2D eigenvalue weighted by molar-refractivity contribution is 0.0954. The second-order valence-corrected chi connectivity index (χ2v) is 6.15. The van der Waals surface area contributed by atoms with Gasteiger partial charge in [0.05, 0.1) is 6.54 Å². The quantitative estimate of drug-likeness (QED) is 0.352. The fourth-order valence-corrected chi connectivity index (χ4v) is 2.42. The fourth-order valence-electron chi connectivity index (χ4n) is 2.42. The van der Waals surface area contributed by atoms with Gasteiger partial charge in [-0.15, -0.1) is 0 Å². The fraction of sp³-hybridized carbons (Fsp3) is 0.333. The van der Waals surface area contributed by atoms with E-state index in [1.54, 1.807) is 24.3 Å². The van der Waals surface area contributed by atoms with E-state index in [9.17, 15) is 9.18 Å². The summed E-state index contributed by atoms with van der Waals surface area (Å²) in [6, 6.07) is 15.1. The van der Waals surface area contributed by atoms with Crippen LogP contribution in [0.15, 0.2) is 59.6 Å². The minimum atomic E-state index is -0.333. The third kappa shape index (κ3) is 7.65. The Kier molecular flexibility index (Phi) is 8.78. The number of hydrogen-bond donors (Lipinski definition) is 3. The standard InChI is InChI=1S/C21H27FN4O2/c1-3-23-21(25-13-12-24-20(27)17-8-5-4-6-9-17)26-15-16(2)28-19-11-7-10-18(22)14-19/h4-11,14,16H,3,12-13,15H2,1-2H3,(H,24,27)(H2,23,25,26). The Hall–Kier alpha value is -3.09. The Morgan fingerprint density at radius 3 is 2.54 bits per heavy atom. The van der Waals surface area contributed by atoms with Crippen LogP contribution in [0.2, 0.25) is 0 Å². The van der Waals surface area contributed by atoms with E-state index in [0.29, 0.717) is 43.5 Å². The molecular formula is C21H27FN4O2. The molecule has 150 valence electrons. The van der Waals surface area contributed by atoms with Crippen LogP contribution in [0.4, 0.5) is 4.39 Å². The maximum absolute atomic E-state index is 13.2. The van der Waals surface area contributed by atoms with Crippen LogP contribution in [0.5, 0.6) is 5.75 Å². The van der Waals surface area contributed by atoms with Gasteiger partial charge < -0.3 is 20.7 Å². The molecule has 0 radical (unpaired) electrons. The van der Waals surface area contributed by atoms with Crippen molar-refractivity contribution in [3.8, 4) is 5.75 Å². The number of halogens is 1. The van der Waals surface area contributed by atoms with E-state index in [1.807, 2.05) is 32.0 Å². The molecule has 0 spiro atoms. The first-order valence-electron chi connectivity index (χ1n) is 9.36. The van der Waals surface area contributed by atoms with Gasteiger partial charge in [0.15, 0.2) is 5.96 Å². The molecule has 0 bridgehead atoms. The highest BCUT2D eigenvalue weighted by atomic mass is 19.1. The van der Waals surface area contributed by atoms with Gasteiger partial charge in [-0.25, -0.2) is 9.38 Å². The first-order valence-corrected chi connectivity index (χ1v) is 9.36. The molecule has 28 heavy (non-hydrogen) atoms. The Balaban J connectivity index is 1.75. The monoisotopic (exact) mass is 386 g/mol. The van der Waals surface area contributed by atoms with Crippen molar-refractivity contribution >= 4 is 11.9 Å². The number of nitrogens with one attached hydrogen (secondary N) is 3. The number of carbonyl (C=O) groups excluding carboxylic acids is 1. The topological polar surface area (TPSA) is 74.8 Å². The van der Waals surface area contributed by atoms with E-state index in [4.69, 9.17) is 4.74 Å². The van der Waals surface area contributed by atoms with Gasteiger partial charge in [0.1, 0.15) is 17.7 Å². The Bertz CT molecular complexity index is 768. The molecule has 0 aliphatic rings. The third-order valence-electron chi connectivity index (χ3n) is 3.72. The second-order valence-electron chi connectivity index (χ2n) is 6.15. The third-order valence-corrected chi connectivity index (χ3v) is 3.72. The molecule has 0 fully saturated rings. The van der Waals surface area contributed by atoms with Gasteiger partial charge in [-0.2, -0.15) is 0 Å². The van der Waals surface area contributed by atoms with Gasteiger partial charge in [0.25, 0.3) is 5.91 Å². The van der Waals surface area contributed by atoms with E-state index >= 15 is 0 Å². The lowest BCUT2D eigenvalue weighted by Gasteiger charge is -2.15. The summed E-state index contributed by atoms with van der Waals surface area (Å²) in [7, 11) is 0.